The zero-order valence-electron chi connectivity index (χ0n) is 12.9. The highest BCUT2D eigenvalue weighted by atomic mass is 16.5. The molecule has 1 aliphatic carbocycles. The molecule has 1 unspecified atom stereocenters. The Morgan fingerprint density at radius 1 is 1.45 bits per heavy atom. The molecule has 1 heterocycles. The molecule has 2 rings (SSSR count). The van der Waals surface area contributed by atoms with Crippen LogP contribution in [-0.2, 0) is 0 Å². The fourth-order valence-corrected chi connectivity index (χ4v) is 2.88. The normalized spacial score (nSPS) is 21.4. The second-order valence-electron chi connectivity index (χ2n) is 6.54. The van der Waals surface area contributed by atoms with E-state index in [-0.39, 0.29) is 0 Å². The Hall–Kier alpha value is -1.45. The number of nitrogens with one attached hydrogen (secondary N) is 1. The molecule has 4 heteroatoms. The lowest BCUT2D eigenvalue weighted by Crippen LogP contribution is -2.32. The minimum atomic E-state index is 0.422. The summed E-state index contributed by atoms with van der Waals surface area (Å²) in [7, 11) is 0. The first-order valence-corrected chi connectivity index (χ1v) is 7.66. The summed E-state index contributed by atoms with van der Waals surface area (Å²) < 4.78 is 5.58. The number of nitrogen functional groups attached to an aromatic ring is 1. The second kappa shape index (κ2) is 6.33. The van der Waals surface area contributed by atoms with Crippen LogP contribution >= 0.6 is 0 Å². The Morgan fingerprint density at radius 3 is 2.95 bits per heavy atom. The van der Waals surface area contributed by atoms with Gasteiger partial charge in [-0.2, -0.15) is 4.98 Å². The van der Waals surface area contributed by atoms with E-state index in [1.54, 1.807) is 0 Å². The predicted molar refractivity (Wildman–Crippen MR) is 84.1 cm³/mol. The van der Waals surface area contributed by atoms with Gasteiger partial charge in [0.1, 0.15) is 5.82 Å². The molecule has 1 aromatic rings. The van der Waals surface area contributed by atoms with Crippen molar-refractivity contribution in [3.63, 3.8) is 0 Å². The van der Waals surface area contributed by atoms with Crippen LogP contribution in [0.2, 0.25) is 0 Å². The first kappa shape index (κ1) is 14.9. The molecule has 0 radical (unpaired) electrons. The van der Waals surface area contributed by atoms with Gasteiger partial charge in [-0.25, -0.2) is 0 Å². The Bertz CT molecular complexity index is 445. The maximum atomic E-state index is 5.89. The molecule has 1 saturated carbocycles. The van der Waals surface area contributed by atoms with Crippen LogP contribution in [0.15, 0.2) is 12.1 Å². The number of hydrogen-bond donors (Lipinski definition) is 2. The molecule has 4 nitrogen and oxygen atoms in total. The zero-order chi connectivity index (χ0) is 14.6. The summed E-state index contributed by atoms with van der Waals surface area (Å²) in [4.78, 5) is 4.49. The first-order chi connectivity index (χ1) is 9.50. The van der Waals surface area contributed by atoms with Crippen molar-refractivity contribution in [1.29, 1.82) is 0 Å². The number of hydrogen-bond acceptors (Lipinski definition) is 4. The minimum Gasteiger partial charge on any atom is -0.476 e. The van der Waals surface area contributed by atoms with Gasteiger partial charge >= 0.3 is 0 Å². The molecule has 0 aromatic carbocycles. The molecule has 3 N–H and O–H groups in total. The number of nitrogens with two attached hydrogens (primary N) is 1. The zero-order valence-corrected chi connectivity index (χ0v) is 12.9. The highest BCUT2D eigenvalue weighted by molar-refractivity contribution is 5.53. The van der Waals surface area contributed by atoms with Gasteiger partial charge in [-0.15, -0.1) is 0 Å². The monoisotopic (exact) mass is 277 g/mol. The molecular formula is C16H27N3O. The molecule has 0 saturated heterocycles. The Kier molecular flexibility index (Phi) is 4.73. The van der Waals surface area contributed by atoms with E-state index in [9.17, 15) is 0 Å². The average Bonchev–Trinajstić information content (AvgIpc) is 2.38. The van der Waals surface area contributed by atoms with E-state index < -0.39 is 0 Å². The van der Waals surface area contributed by atoms with E-state index >= 15 is 0 Å². The smallest absolute Gasteiger partial charge is 0.239 e. The lowest BCUT2D eigenvalue weighted by molar-refractivity contribution is 0.229. The van der Waals surface area contributed by atoms with Crippen molar-refractivity contribution in [1.82, 2.24) is 4.98 Å². The second-order valence-corrected chi connectivity index (χ2v) is 6.54. The summed E-state index contributed by atoms with van der Waals surface area (Å²) >= 11 is 0. The lowest BCUT2D eigenvalue weighted by Gasteiger charge is -2.35. The predicted octanol–water partition coefficient (Wildman–Crippen LogP) is 3.83. The first-order valence-electron chi connectivity index (χ1n) is 7.66. The van der Waals surface area contributed by atoms with Crippen LogP contribution in [-0.4, -0.2) is 17.6 Å². The molecule has 20 heavy (non-hydrogen) atoms. The highest BCUT2D eigenvalue weighted by Gasteiger charge is 2.28. The summed E-state index contributed by atoms with van der Waals surface area (Å²) in [5, 5.41) is 3.53. The topological polar surface area (TPSA) is 60.2 Å². The SMILES string of the molecule is CCCOc1nc(NC2CCCC(C)(C)C2)ccc1N. The number of anilines is 2. The van der Waals surface area contributed by atoms with Crippen molar-refractivity contribution in [2.45, 2.75) is 58.9 Å². The van der Waals surface area contributed by atoms with E-state index in [4.69, 9.17) is 10.5 Å². The summed E-state index contributed by atoms with van der Waals surface area (Å²) in [5.41, 5.74) is 6.92. The Morgan fingerprint density at radius 2 is 2.25 bits per heavy atom. The lowest BCUT2D eigenvalue weighted by atomic mass is 9.75. The van der Waals surface area contributed by atoms with Gasteiger partial charge in [-0.3, -0.25) is 0 Å². The molecule has 0 amide bonds. The van der Waals surface area contributed by atoms with E-state index in [0.717, 1.165) is 12.2 Å². The molecule has 112 valence electrons. The van der Waals surface area contributed by atoms with Crippen molar-refractivity contribution >= 4 is 11.5 Å². The summed E-state index contributed by atoms with van der Waals surface area (Å²) in [6, 6.07) is 4.30. The minimum absolute atomic E-state index is 0.422. The molecule has 0 aliphatic heterocycles. The van der Waals surface area contributed by atoms with Gasteiger partial charge in [0.15, 0.2) is 0 Å². The maximum Gasteiger partial charge on any atom is 0.239 e. The van der Waals surface area contributed by atoms with Gasteiger partial charge in [-0.1, -0.05) is 27.2 Å². The van der Waals surface area contributed by atoms with Crippen LogP contribution < -0.4 is 15.8 Å². The quantitative estimate of drug-likeness (QED) is 0.858. The maximum absolute atomic E-state index is 5.89. The molecule has 1 atom stereocenters. The van der Waals surface area contributed by atoms with Crippen molar-refractivity contribution in [3.8, 4) is 5.88 Å². The number of nitrogens with zero attached hydrogens (tertiary/aromatic N) is 1. The van der Waals surface area contributed by atoms with Gasteiger partial charge in [0.25, 0.3) is 0 Å². The van der Waals surface area contributed by atoms with Crippen molar-refractivity contribution in [2.24, 2.45) is 5.41 Å². The molecule has 1 fully saturated rings. The van der Waals surface area contributed by atoms with Crippen molar-refractivity contribution in [2.75, 3.05) is 17.7 Å². The fraction of sp³-hybridized carbons (Fsp3) is 0.688. The van der Waals surface area contributed by atoms with Gasteiger partial charge in [0, 0.05) is 6.04 Å². The van der Waals surface area contributed by atoms with Crippen LogP contribution in [0.25, 0.3) is 0 Å². The van der Waals surface area contributed by atoms with Gasteiger partial charge in [0.05, 0.1) is 12.3 Å². The van der Waals surface area contributed by atoms with Crippen LogP contribution in [0.4, 0.5) is 11.5 Å². The van der Waals surface area contributed by atoms with Crippen molar-refractivity contribution < 1.29 is 4.74 Å². The van der Waals surface area contributed by atoms with Crippen molar-refractivity contribution in [3.05, 3.63) is 12.1 Å². The fourth-order valence-electron chi connectivity index (χ4n) is 2.88. The average molecular weight is 277 g/mol. The third kappa shape index (κ3) is 4.02. The van der Waals surface area contributed by atoms with E-state index in [1.165, 1.54) is 25.7 Å². The van der Waals surface area contributed by atoms with E-state index in [1.807, 2.05) is 12.1 Å². The van der Waals surface area contributed by atoms with E-state index in [0.29, 0.717) is 29.6 Å². The molecular weight excluding hydrogens is 250 g/mol. The number of ether oxygens (including phenoxy) is 1. The molecule has 1 aromatic heterocycles. The Balaban J connectivity index is 2.02. The molecule has 1 aliphatic rings. The third-order valence-electron chi connectivity index (χ3n) is 3.89. The van der Waals surface area contributed by atoms with Crippen LogP contribution in [0, 0.1) is 5.41 Å². The summed E-state index contributed by atoms with van der Waals surface area (Å²) in [6.45, 7) is 7.40. The van der Waals surface area contributed by atoms with Crippen LogP contribution in [0.5, 0.6) is 5.88 Å². The third-order valence-corrected chi connectivity index (χ3v) is 3.89. The largest absolute Gasteiger partial charge is 0.476 e. The van der Waals surface area contributed by atoms with Gasteiger partial charge in [0.2, 0.25) is 5.88 Å². The molecule has 0 bridgehead atoms. The molecule has 0 spiro atoms. The van der Waals surface area contributed by atoms with Gasteiger partial charge in [-0.05, 0) is 43.2 Å². The number of rotatable bonds is 5. The standard InChI is InChI=1S/C16H27N3O/c1-4-10-20-15-13(17)7-8-14(19-15)18-12-6-5-9-16(2,3)11-12/h7-8,12H,4-6,9-11,17H2,1-3H3,(H,18,19). The summed E-state index contributed by atoms with van der Waals surface area (Å²) in [5.74, 6) is 1.42. The van der Waals surface area contributed by atoms with Crippen LogP contribution in [0.3, 0.4) is 0 Å². The highest BCUT2D eigenvalue weighted by Crippen LogP contribution is 2.36. The Labute approximate surface area is 122 Å². The summed E-state index contributed by atoms with van der Waals surface area (Å²) in [6.07, 6.45) is 5.93. The van der Waals surface area contributed by atoms with E-state index in [2.05, 4.69) is 31.1 Å². The number of pyridine rings is 1. The van der Waals surface area contributed by atoms with Crippen LogP contribution in [0.1, 0.15) is 52.9 Å². The van der Waals surface area contributed by atoms with Gasteiger partial charge < -0.3 is 15.8 Å². The number of aromatic nitrogens is 1.